The summed E-state index contributed by atoms with van der Waals surface area (Å²) in [7, 11) is 0. The number of nitrogens with one attached hydrogen (secondary N) is 2. The third-order valence-electron chi connectivity index (χ3n) is 4.02. The third-order valence-corrected chi connectivity index (χ3v) is 4.02. The molecule has 1 fully saturated rings. The van der Waals surface area contributed by atoms with E-state index >= 15 is 0 Å². The van der Waals surface area contributed by atoms with Gasteiger partial charge in [-0.1, -0.05) is 24.3 Å². The second-order valence-electron chi connectivity index (χ2n) is 5.80. The summed E-state index contributed by atoms with van der Waals surface area (Å²) in [4.78, 5) is 25.6. The average molecular weight is 345 g/mol. The van der Waals surface area contributed by atoms with Crippen molar-refractivity contribution in [1.82, 2.24) is 4.90 Å². The number of hydrogen-bond acceptors (Lipinski definition) is 3. The van der Waals surface area contributed by atoms with Gasteiger partial charge in [-0.2, -0.15) is 0 Å². The van der Waals surface area contributed by atoms with E-state index in [0.29, 0.717) is 19.5 Å². The molecule has 0 radical (unpaired) electrons. The number of hydrogen-bond donors (Lipinski definition) is 2. The van der Waals surface area contributed by atoms with E-state index in [0.717, 1.165) is 17.8 Å². The fraction of sp³-hybridized carbons (Fsp3) is 0.222. The van der Waals surface area contributed by atoms with Gasteiger partial charge in [0.2, 0.25) is 0 Å². The summed E-state index contributed by atoms with van der Waals surface area (Å²) in [5, 5.41) is 5.31. The van der Waals surface area contributed by atoms with E-state index in [1.54, 1.807) is 0 Å². The van der Waals surface area contributed by atoms with Crippen LogP contribution in [0.3, 0.4) is 0 Å². The van der Waals surface area contributed by atoms with Gasteiger partial charge in [-0.3, -0.25) is 9.59 Å². The SMILES string of the molecule is O=C(Nc1c(F)cccc1F)C(=O)N1CC[C@H](Nc2ccccc2)C1. The summed E-state index contributed by atoms with van der Waals surface area (Å²) in [6.07, 6.45) is 0.683. The van der Waals surface area contributed by atoms with Crippen molar-refractivity contribution in [3.63, 3.8) is 0 Å². The first-order chi connectivity index (χ1) is 12.0. The van der Waals surface area contributed by atoms with Crippen molar-refractivity contribution in [3.05, 3.63) is 60.2 Å². The zero-order valence-corrected chi connectivity index (χ0v) is 13.3. The number of para-hydroxylation sites is 2. The normalized spacial score (nSPS) is 16.6. The monoisotopic (exact) mass is 345 g/mol. The summed E-state index contributed by atoms with van der Waals surface area (Å²) in [6.45, 7) is 0.747. The van der Waals surface area contributed by atoms with Crippen LogP contribution in [0, 0.1) is 11.6 Å². The molecule has 1 atom stereocenters. The second kappa shape index (κ2) is 7.29. The lowest BCUT2D eigenvalue weighted by atomic mass is 10.2. The number of halogens is 2. The molecule has 2 N–H and O–H groups in total. The standard InChI is InChI=1S/C18H17F2N3O2/c19-14-7-4-8-15(20)16(14)22-17(24)18(25)23-10-9-13(11-23)21-12-5-2-1-3-6-12/h1-8,13,21H,9-11H2,(H,22,24)/t13-/m0/s1. The van der Waals surface area contributed by atoms with Gasteiger partial charge in [0.15, 0.2) is 0 Å². The van der Waals surface area contributed by atoms with Gasteiger partial charge in [0.25, 0.3) is 0 Å². The maximum absolute atomic E-state index is 13.6. The van der Waals surface area contributed by atoms with E-state index in [-0.39, 0.29) is 6.04 Å². The Morgan fingerprint density at radius 3 is 2.36 bits per heavy atom. The summed E-state index contributed by atoms with van der Waals surface area (Å²) in [5.74, 6) is -3.71. The van der Waals surface area contributed by atoms with Crippen LogP contribution in [0.5, 0.6) is 0 Å². The molecular formula is C18H17F2N3O2. The maximum Gasteiger partial charge on any atom is 0.314 e. The molecule has 0 bridgehead atoms. The van der Waals surface area contributed by atoms with Gasteiger partial charge in [0.1, 0.15) is 17.3 Å². The van der Waals surface area contributed by atoms with Gasteiger partial charge in [-0.05, 0) is 30.7 Å². The summed E-state index contributed by atoms with van der Waals surface area (Å²) >= 11 is 0. The lowest BCUT2D eigenvalue weighted by Crippen LogP contribution is -2.39. The molecule has 5 nitrogen and oxygen atoms in total. The number of anilines is 2. The predicted molar refractivity (Wildman–Crippen MR) is 90.0 cm³/mol. The Bertz CT molecular complexity index is 763. The van der Waals surface area contributed by atoms with Crippen molar-refractivity contribution in [2.75, 3.05) is 23.7 Å². The zero-order valence-electron chi connectivity index (χ0n) is 13.3. The molecule has 3 rings (SSSR count). The molecule has 130 valence electrons. The number of benzene rings is 2. The van der Waals surface area contributed by atoms with E-state index in [1.807, 2.05) is 35.6 Å². The summed E-state index contributed by atoms with van der Waals surface area (Å²) in [6, 6.07) is 12.8. The molecule has 1 heterocycles. The van der Waals surface area contributed by atoms with Crippen LogP contribution < -0.4 is 10.6 Å². The third kappa shape index (κ3) is 3.93. The van der Waals surface area contributed by atoms with Crippen LogP contribution in [0.15, 0.2) is 48.5 Å². The smallest absolute Gasteiger partial charge is 0.314 e. The van der Waals surface area contributed by atoms with E-state index < -0.39 is 29.1 Å². The maximum atomic E-state index is 13.6. The van der Waals surface area contributed by atoms with E-state index in [2.05, 4.69) is 5.32 Å². The van der Waals surface area contributed by atoms with Crippen molar-refractivity contribution < 1.29 is 18.4 Å². The molecule has 1 saturated heterocycles. The Balaban J connectivity index is 1.59. The molecular weight excluding hydrogens is 328 g/mol. The zero-order chi connectivity index (χ0) is 17.8. The predicted octanol–water partition coefficient (Wildman–Crippen LogP) is 2.62. The van der Waals surface area contributed by atoms with Crippen molar-refractivity contribution >= 4 is 23.2 Å². The van der Waals surface area contributed by atoms with E-state index in [4.69, 9.17) is 0 Å². The van der Waals surface area contributed by atoms with Crippen LogP contribution >= 0.6 is 0 Å². The molecule has 0 unspecified atom stereocenters. The lowest BCUT2D eigenvalue weighted by Gasteiger charge is -2.17. The van der Waals surface area contributed by atoms with E-state index in [9.17, 15) is 18.4 Å². The first-order valence-electron chi connectivity index (χ1n) is 7.90. The van der Waals surface area contributed by atoms with Gasteiger partial charge in [-0.15, -0.1) is 0 Å². The Kier molecular flexibility index (Phi) is 4.92. The Morgan fingerprint density at radius 1 is 1.00 bits per heavy atom. The molecule has 0 aliphatic carbocycles. The number of likely N-dealkylation sites (tertiary alicyclic amines) is 1. The van der Waals surface area contributed by atoms with Crippen molar-refractivity contribution in [3.8, 4) is 0 Å². The van der Waals surface area contributed by atoms with Crippen LogP contribution in [-0.4, -0.2) is 35.8 Å². The second-order valence-corrected chi connectivity index (χ2v) is 5.80. The highest BCUT2D eigenvalue weighted by Crippen LogP contribution is 2.19. The number of nitrogens with zero attached hydrogens (tertiary/aromatic N) is 1. The summed E-state index contributed by atoms with van der Waals surface area (Å²) in [5.41, 5.74) is 0.318. The minimum Gasteiger partial charge on any atom is -0.380 e. The molecule has 2 aromatic rings. The average Bonchev–Trinajstić information content (AvgIpc) is 3.07. The van der Waals surface area contributed by atoms with Gasteiger partial charge >= 0.3 is 11.8 Å². The number of carbonyl (C=O) groups excluding carboxylic acids is 2. The Morgan fingerprint density at radius 2 is 1.68 bits per heavy atom. The van der Waals surface area contributed by atoms with E-state index in [1.165, 1.54) is 11.0 Å². The van der Waals surface area contributed by atoms with Gasteiger partial charge < -0.3 is 15.5 Å². The highest BCUT2D eigenvalue weighted by atomic mass is 19.1. The van der Waals surface area contributed by atoms with Crippen molar-refractivity contribution in [1.29, 1.82) is 0 Å². The first-order valence-corrected chi connectivity index (χ1v) is 7.90. The van der Waals surface area contributed by atoms with Gasteiger partial charge in [0, 0.05) is 24.8 Å². The molecule has 25 heavy (non-hydrogen) atoms. The fourth-order valence-corrected chi connectivity index (χ4v) is 2.76. The first kappa shape index (κ1) is 16.9. The van der Waals surface area contributed by atoms with Crippen molar-refractivity contribution in [2.45, 2.75) is 12.5 Å². The van der Waals surface area contributed by atoms with Crippen LogP contribution in [0.2, 0.25) is 0 Å². The van der Waals surface area contributed by atoms with Crippen LogP contribution in [-0.2, 0) is 9.59 Å². The van der Waals surface area contributed by atoms with Gasteiger partial charge in [0.05, 0.1) is 0 Å². The molecule has 2 amide bonds. The molecule has 1 aliphatic rings. The molecule has 0 aromatic heterocycles. The molecule has 0 spiro atoms. The molecule has 1 aliphatic heterocycles. The number of carbonyl (C=O) groups is 2. The van der Waals surface area contributed by atoms with Crippen LogP contribution in [0.25, 0.3) is 0 Å². The highest BCUT2D eigenvalue weighted by molar-refractivity contribution is 6.39. The fourth-order valence-electron chi connectivity index (χ4n) is 2.76. The number of amides is 2. The Hall–Kier alpha value is -2.96. The minimum absolute atomic E-state index is 0.0179. The van der Waals surface area contributed by atoms with Crippen LogP contribution in [0.4, 0.5) is 20.2 Å². The highest BCUT2D eigenvalue weighted by Gasteiger charge is 2.30. The topological polar surface area (TPSA) is 61.4 Å². The largest absolute Gasteiger partial charge is 0.380 e. The quantitative estimate of drug-likeness (QED) is 0.841. The van der Waals surface area contributed by atoms with Crippen LogP contribution in [0.1, 0.15) is 6.42 Å². The molecule has 7 heteroatoms. The Labute approximate surface area is 143 Å². The van der Waals surface area contributed by atoms with Crippen molar-refractivity contribution in [2.24, 2.45) is 0 Å². The number of rotatable bonds is 3. The molecule has 2 aromatic carbocycles. The lowest BCUT2D eigenvalue weighted by molar-refractivity contribution is -0.142. The van der Waals surface area contributed by atoms with Gasteiger partial charge in [-0.25, -0.2) is 8.78 Å². The molecule has 0 saturated carbocycles. The minimum atomic E-state index is -1.05. The summed E-state index contributed by atoms with van der Waals surface area (Å²) < 4.78 is 27.1.